The minimum absolute atomic E-state index is 0.00562. The number of ether oxygens (including phenoxy) is 4. The van der Waals surface area contributed by atoms with Crippen LogP contribution in [0.2, 0.25) is 0 Å². The van der Waals surface area contributed by atoms with Crippen molar-refractivity contribution in [2.24, 2.45) is 11.8 Å². The van der Waals surface area contributed by atoms with Crippen LogP contribution in [0, 0.1) is 11.8 Å². The number of ketones is 1. The second-order valence-corrected chi connectivity index (χ2v) is 9.46. The first-order chi connectivity index (χ1) is 18.7. The zero-order chi connectivity index (χ0) is 28.4. The van der Waals surface area contributed by atoms with Crippen molar-refractivity contribution < 1.29 is 47.7 Å². The van der Waals surface area contributed by atoms with E-state index in [0.29, 0.717) is 30.8 Å². The molecule has 0 N–H and O–H groups in total. The number of methoxy groups -OCH3 is 1. The first-order valence-corrected chi connectivity index (χ1v) is 12.9. The third-order valence-electron chi connectivity index (χ3n) is 6.50. The maximum atomic E-state index is 12.3. The molecule has 12 heteroatoms. The molecule has 0 aliphatic carbocycles. The van der Waals surface area contributed by atoms with Gasteiger partial charge in [0.05, 0.1) is 31.3 Å². The topological polar surface area (TPSA) is 146 Å². The normalized spacial score (nSPS) is 18.8. The van der Waals surface area contributed by atoms with Crippen molar-refractivity contribution in [2.75, 3.05) is 58.1 Å². The van der Waals surface area contributed by atoms with Crippen LogP contribution in [-0.4, -0.2) is 93.6 Å². The van der Waals surface area contributed by atoms with Crippen LogP contribution in [-0.2, 0) is 42.9 Å². The molecule has 2 atom stereocenters. The third-order valence-corrected chi connectivity index (χ3v) is 6.50. The summed E-state index contributed by atoms with van der Waals surface area (Å²) in [5.41, 5.74) is 0.905. The van der Waals surface area contributed by atoms with E-state index in [-0.39, 0.29) is 75.7 Å². The molecule has 2 aliphatic rings. The molecule has 0 radical (unpaired) electrons. The highest BCUT2D eigenvalue weighted by Crippen LogP contribution is 2.26. The Morgan fingerprint density at radius 1 is 0.821 bits per heavy atom. The number of carbonyl (C=O) groups excluding carboxylic acids is 6. The van der Waals surface area contributed by atoms with Crippen molar-refractivity contribution in [2.45, 2.75) is 32.6 Å². The highest BCUT2D eigenvalue weighted by Gasteiger charge is 2.36. The molecule has 2 fully saturated rings. The van der Waals surface area contributed by atoms with Gasteiger partial charge in [-0.1, -0.05) is 0 Å². The van der Waals surface area contributed by atoms with Gasteiger partial charge in [0.15, 0.2) is 0 Å². The average molecular weight is 547 g/mol. The largest absolute Gasteiger partial charge is 0.465 e. The van der Waals surface area contributed by atoms with Gasteiger partial charge in [0.2, 0.25) is 11.8 Å². The number of anilines is 1. The van der Waals surface area contributed by atoms with Crippen LogP contribution in [0.25, 0.3) is 0 Å². The van der Waals surface area contributed by atoms with E-state index < -0.39 is 23.8 Å². The van der Waals surface area contributed by atoms with Crippen LogP contribution in [0.3, 0.4) is 0 Å². The van der Waals surface area contributed by atoms with E-state index in [9.17, 15) is 28.8 Å². The molecule has 2 heterocycles. The van der Waals surface area contributed by atoms with Crippen LogP contribution in [0.1, 0.15) is 43.0 Å². The molecule has 1 aromatic carbocycles. The molecule has 0 spiro atoms. The zero-order valence-corrected chi connectivity index (χ0v) is 22.2. The van der Waals surface area contributed by atoms with Crippen LogP contribution >= 0.6 is 0 Å². The van der Waals surface area contributed by atoms with Gasteiger partial charge in [0, 0.05) is 64.1 Å². The lowest BCUT2D eigenvalue weighted by Crippen LogP contribution is -2.33. The van der Waals surface area contributed by atoms with Gasteiger partial charge >= 0.3 is 17.9 Å². The van der Waals surface area contributed by atoms with Crippen molar-refractivity contribution in [1.82, 2.24) is 4.90 Å². The highest BCUT2D eigenvalue weighted by molar-refractivity contribution is 6.00. The molecule has 0 bridgehead atoms. The van der Waals surface area contributed by atoms with Crippen molar-refractivity contribution in [3.8, 4) is 0 Å². The lowest BCUT2D eigenvalue weighted by atomic mass is 10.1. The Kier molecular flexibility index (Phi) is 11.0. The van der Waals surface area contributed by atoms with E-state index >= 15 is 0 Å². The number of rotatable bonds is 14. The Labute approximate surface area is 226 Å². The average Bonchev–Trinajstić information content (AvgIpc) is 3.48. The summed E-state index contributed by atoms with van der Waals surface area (Å²) in [6.45, 7) is 2.33. The molecule has 2 aliphatic heterocycles. The minimum Gasteiger partial charge on any atom is -0.465 e. The fraction of sp³-hybridized carbons (Fsp3) is 0.556. The molecule has 12 nitrogen and oxygen atoms in total. The van der Waals surface area contributed by atoms with Crippen molar-refractivity contribution in [1.29, 1.82) is 0 Å². The smallest absolute Gasteiger partial charge is 0.338 e. The molecule has 0 saturated carbocycles. The lowest BCUT2D eigenvalue weighted by Gasteiger charge is -2.16. The fourth-order valence-corrected chi connectivity index (χ4v) is 4.28. The van der Waals surface area contributed by atoms with Gasteiger partial charge in [-0.25, -0.2) is 4.79 Å². The Balaban J connectivity index is 1.32. The SMILES string of the molecule is COCCCOC(=O)CN1CC(C(=O)OCCCOC(=O)c2ccc(N3CC(C(C)=O)CC3=O)cc2)CC1=O. The predicted molar refractivity (Wildman–Crippen MR) is 136 cm³/mol. The number of Topliss-reactive ketones (excluding diaryl/α,β-unsaturated/α-hetero) is 1. The highest BCUT2D eigenvalue weighted by atomic mass is 16.5. The molecule has 2 saturated heterocycles. The van der Waals surface area contributed by atoms with Crippen LogP contribution in [0.15, 0.2) is 24.3 Å². The number of amides is 2. The van der Waals surface area contributed by atoms with Gasteiger partial charge in [-0.3, -0.25) is 24.0 Å². The molecule has 2 unspecified atom stereocenters. The zero-order valence-electron chi connectivity index (χ0n) is 22.2. The van der Waals surface area contributed by atoms with E-state index in [1.165, 1.54) is 16.7 Å². The fourth-order valence-electron chi connectivity index (χ4n) is 4.28. The van der Waals surface area contributed by atoms with Gasteiger partial charge in [-0.15, -0.1) is 0 Å². The maximum absolute atomic E-state index is 12.3. The summed E-state index contributed by atoms with van der Waals surface area (Å²) in [4.78, 5) is 75.2. The summed E-state index contributed by atoms with van der Waals surface area (Å²) >= 11 is 0. The van der Waals surface area contributed by atoms with E-state index in [4.69, 9.17) is 18.9 Å². The van der Waals surface area contributed by atoms with Crippen molar-refractivity contribution in [3.63, 3.8) is 0 Å². The number of benzene rings is 1. The second-order valence-electron chi connectivity index (χ2n) is 9.46. The molecule has 212 valence electrons. The number of esters is 3. The first kappa shape index (κ1) is 29.8. The Hall–Kier alpha value is -3.80. The summed E-state index contributed by atoms with van der Waals surface area (Å²) in [6.07, 6.45) is 0.960. The third kappa shape index (κ3) is 8.60. The predicted octanol–water partition coefficient (Wildman–Crippen LogP) is 1.15. The number of hydrogen-bond acceptors (Lipinski definition) is 10. The van der Waals surface area contributed by atoms with Gasteiger partial charge in [-0.05, 0) is 31.2 Å². The maximum Gasteiger partial charge on any atom is 0.338 e. The van der Waals surface area contributed by atoms with Crippen molar-refractivity contribution in [3.05, 3.63) is 29.8 Å². The Morgan fingerprint density at radius 2 is 1.46 bits per heavy atom. The molecule has 2 amide bonds. The van der Waals surface area contributed by atoms with Gasteiger partial charge in [0.1, 0.15) is 12.3 Å². The van der Waals surface area contributed by atoms with Gasteiger partial charge in [0.25, 0.3) is 0 Å². The number of likely N-dealkylation sites (tertiary alicyclic amines) is 1. The molecular formula is C27H34N2O10. The van der Waals surface area contributed by atoms with Gasteiger partial charge < -0.3 is 28.7 Å². The molecule has 1 aromatic rings. The molecule has 39 heavy (non-hydrogen) atoms. The van der Waals surface area contributed by atoms with E-state index in [0.717, 1.165) is 0 Å². The van der Waals surface area contributed by atoms with Crippen LogP contribution < -0.4 is 4.90 Å². The second kappa shape index (κ2) is 14.4. The molecule has 0 aromatic heterocycles. The first-order valence-electron chi connectivity index (χ1n) is 12.9. The van der Waals surface area contributed by atoms with Gasteiger partial charge in [-0.2, -0.15) is 0 Å². The number of nitrogens with zero attached hydrogens (tertiary/aromatic N) is 2. The van der Waals surface area contributed by atoms with E-state index in [1.54, 1.807) is 31.4 Å². The Morgan fingerprint density at radius 3 is 2.13 bits per heavy atom. The summed E-state index contributed by atoms with van der Waals surface area (Å²) in [5, 5.41) is 0. The molecular weight excluding hydrogens is 512 g/mol. The minimum atomic E-state index is -0.673. The summed E-state index contributed by atoms with van der Waals surface area (Å²) in [6, 6.07) is 6.35. The Bertz CT molecular complexity index is 1070. The van der Waals surface area contributed by atoms with E-state index in [1.807, 2.05) is 0 Å². The van der Waals surface area contributed by atoms with Crippen LogP contribution in [0.4, 0.5) is 5.69 Å². The molecule has 3 rings (SSSR count). The standard InChI is InChI=1S/C27H34N2O10/c1-18(30)20-13-24(32)29(16-20)22-7-5-19(6-8-22)26(34)38-11-4-12-39-27(35)21-14-23(31)28(15-21)17-25(33)37-10-3-9-36-2/h5-8,20-21H,3-4,9-17H2,1-2H3. The summed E-state index contributed by atoms with van der Waals surface area (Å²) < 4.78 is 20.3. The summed E-state index contributed by atoms with van der Waals surface area (Å²) in [7, 11) is 1.55. The monoisotopic (exact) mass is 546 g/mol. The quantitative estimate of drug-likeness (QED) is 0.189. The number of carbonyl (C=O) groups is 6. The van der Waals surface area contributed by atoms with E-state index in [2.05, 4.69) is 0 Å². The van der Waals surface area contributed by atoms with Crippen molar-refractivity contribution >= 4 is 41.2 Å². The lowest BCUT2D eigenvalue weighted by molar-refractivity contribution is -0.149. The van der Waals surface area contributed by atoms with Crippen LogP contribution in [0.5, 0.6) is 0 Å². The number of hydrogen-bond donors (Lipinski definition) is 0. The summed E-state index contributed by atoms with van der Waals surface area (Å²) in [5.74, 6) is -3.13.